The Labute approximate surface area is 157 Å². The van der Waals surface area contributed by atoms with Crippen LogP contribution in [0.1, 0.15) is 0 Å². The van der Waals surface area contributed by atoms with Gasteiger partial charge in [-0.3, -0.25) is 0 Å². The van der Waals surface area contributed by atoms with Crippen LogP contribution in [0.4, 0.5) is 10.5 Å². The third-order valence-electron chi connectivity index (χ3n) is 4.00. The summed E-state index contributed by atoms with van der Waals surface area (Å²) in [5.74, 6) is 1.48. The highest BCUT2D eigenvalue weighted by atomic mass is 35.5. The van der Waals surface area contributed by atoms with Crippen LogP contribution in [0.25, 0.3) is 0 Å². The molecule has 0 spiro atoms. The summed E-state index contributed by atoms with van der Waals surface area (Å²) < 4.78 is 16.1. The van der Waals surface area contributed by atoms with E-state index in [1.54, 1.807) is 12.0 Å². The number of carbonyl (C=O) groups is 1. The molecule has 1 saturated heterocycles. The lowest BCUT2D eigenvalue weighted by Gasteiger charge is -2.14. The van der Waals surface area contributed by atoms with Gasteiger partial charge in [0.25, 0.3) is 0 Å². The van der Waals surface area contributed by atoms with Crippen molar-refractivity contribution in [2.24, 2.45) is 0 Å². The van der Waals surface area contributed by atoms with Gasteiger partial charge in [-0.05, 0) is 48.5 Å². The quantitative estimate of drug-likeness (QED) is 0.761. The smallest absolute Gasteiger partial charge is 0.410 e. The van der Waals surface area contributed by atoms with Crippen LogP contribution in [-0.4, -0.2) is 50.4 Å². The molecule has 0 aromatic heterocycles. The molecule has 3 rings (SSSR count). The maximum Gasteiger partial charge on any atom is 0.410 e. The summed E-state index contributed by atoms with van der Waals surface area (Å²) in [6.07, 6.45) is -0.591. The van der Waals surface area contributed by atoms with Crippen molar-refractivity contribution >= 4 is 23.4 Å². The largest absolute Gasteiger partial charge is 0.497 e. The second-order valence-corrected chi connectivity index (χ2v) is 6.31. The van der Waals surface area contributed by atoms with Gasteiger partial charge in [0.15, 0.2) is 6.10 Å². The number of hydrogen-bond acceptors (Lipinski definition) is 5. The van der Waals surface area contributed by atoms with Crippen molar-refractivity contribution in [1.82, 2.24) is 4.90 Å². The number of benzene rings is 2. The predicted octanol–water partition coefficient (Wildman–Crippen LogP) is 3.66. The zero-order valence-electron chi connectivity index (χ0n) is 14.5. The highest BCUT2D eigenvalue weighted by Crippen LogP contribution is 2.19. The van der Waals surface area contributed by atoms with Crippen molar-refractivity contribution in [1.29, 1.82) is 0 Å². The number of cyclic esters (lactones) is 1. The minimum Gasteiger partial charge on any atom is -0.497 e. The Kier molecular flexibility index (Phi) is 6.07. The molecule has 1 N–H and O–H groups in total. The number of halogens is 1. The molecule has 2 aromatic rings. The molecule has 1 heterocycles. The van der Waals surface area contributed by atoms with Gasteiger partial charge in [0.05, 0.1) is 13.7 Å². The Balaban J connectivity index is 1.40. The first-order chi connectivity index (χ1) is 12.6. The van der Waals surface area contributed by atoms with Crippen molar-refractivity contribution < 1.29 is 19.0 Å². The van der Waals surface area contributed by atoms with Gasteiger partial charge in [0.2, 0.25) is 0 Å². The number of anilines is 1. The number of rotatable bonds is 8. The summed E-state index contributed by atoms with van der Waals surface area (Å²) in [7, 11) is 1.62. The normalized spacial score (nSPS) is 16.3. The number of ether oxygens (including phenoxy) is 3. The molecule has 1 aliphatic rings. The van der Waals surface area contributed by atoms with Crippen molar-refractivity contribution in [3.8, 4) is 11.5 Å². The lowest BCUT2D eigenvalue weighted by molar-refractivity contribution is 0.103. The molecule has 0 radical (unpaired) electrons. The first kappa shape index (κ1) is 18.2. The maximum absolute atomic E-state index is 12.0. The monoisotopic (exact) mass is 376 g/mol. The minimum atomic E-state index is -0.314. The van der Waals surface area contributed by atoms with Crippen molar-refractivity contribution in [3.05, 3.63) is 53.6 Å². The van der Waals surface area contributed by atoms with Crippen LogP contribution in [0.2, 0.25) is 5.02 Å². The third kappa shape index (κ3) is 4.95. The van der Waals surface area contributed by atoms with Gasteiger partial charge >= 0.3 is 6.09 Å². The Bertz CT molecular complexity index is 721. The van der Waals surface area contributed by atoms with E-state index < -0.39 is 0 Å². The molecule has 26 heavy (non-hydrogen) atoms. The predicted molar refractivity (Wildman–Crippen MR) is 100 cm³/mol. The van der Waals surface area contributed by atoms with Gasteiger partial charge in [-0.15, -0.1) is 0 Å². The van der Waals surface area contributed by atoms with Crippen LogP contribution < -0.4 is 14.8 Å². The fraction of sp³-hybridized carbons (Fsp3) is 0.316. The van der Waals surface area contributed by atoms with Crippen LogP contribution in [0.15, 0.2) is 48.5 Å². The molecule has 1 aliphatic heterocycles. The summed E-state index contributed by atoms with van der Waals surface area (Å²) in [5.41, 5.74) is 0.960. The molecule has 2 aromatic carbocycles. The van der Waals surface area contributed by atoms with Crippen LogP contribution in [0.5, 0.6) is 11.5 Å². The molecule has 0 unspecified atom stereocenters. The SMILES string of the molecule is COc1ccc(OC[C@@H]2CN(CCNc3ccc(Cl)cc3)C(=O)O2)cc1. The first-order valence-corrected chi connectivity index (χ1v) is 8.73. The lowest BCUT2D eigenvalue weighted by atomic mass is 10.3. The number of amides is 1. The zero-order chi connectivity index (χ0) is 18.4. The molecule has 6 nitrogen and oxygen atoms in total. The number of nitrogens with zero attached hydrogens (tertiary/aromatic N) is 1. The summed E-state index contributed by atoms with van der Waals surface area (Å²) in [6.45, 7) is 2.01. The Morgan fingerprint density at radius 3 is 2.54 bits per heavy atom. The molecular formula is C19H21ClN2O4. The Morgan fingerprint density at radius 2 is 1.85 bits per heavy atom. The molecule has 1 amide bonds. The Morgan fingerprint density at radius 1 is 1.15 bits per heavy atom. The number of hydrogen-bond donors (Lipinski definition) is 1. The molecule has 0 bridgehead atoms. The van der Waals surface area contributed by atoms with Crippen LogP contribution >= 0.6 is 11.6 Å². The van der Waals surface area contributed by atoms with Gasteiger partial charge in [0.1, 0.15) is 18.1 Å². The van der Waals surface area contributed by atoms with E-state index in [9.17, 15) is 4.79 Å². The molecule has 1 fully saturated rings. The second kappa shape index (κ2) is 8.67. The minimum absolute atomic E-state index is 0.278. The molecule has 1 atom stereocenters. The first-order valence-electron chi connectivity index (χ1n) is 8.36. The van der Waals surface area contributed by atoms with E-state index in [1.165, 1.54) is 0 Å². The molecule has 0 aliphatic carbocycles. The standard InChI is InChI=1S/C19H21ClN2O4/c1-24-16-6-8-17(9-7-16)25-13-18-12-22(19(23)26-18)11-10-21-15-4-2-14(20)3-5-15/h2-9,18,21H,10-13H2,1H3/t18-/m0/s1. The molecule has 138 valence electrons. The molecule has 0 saturated carbocycles. The fourth-order valence-corrected chi connectivity index (χ4v) is 2.73. The van der Waals surface area contributed by atoms with E-state index in [4.69, 9.17) is 25.8 Å². The Hall–Kier alpha value is -2.60. The van der Waals surface area contributed by atoms with Gasteiger partial charge in [-0.1, -0.05) is 11.6 Å². The molecular weight excluding hydrogens is 356 g/mol. The van der Waals surface area contributed by atoms with Crippen molar-refractivity contribution in [2.75, 3.05) is 38.7 Å². The average molecular weight is 377 g/mol. The van der Waals surface area contributed by atoms with E-state index in [1.807, 2.05) is 48.5 Å². The van der Waals surface area contributed by atoms with Gasteiger partial charge < -0.3 is 24.4 Å². The highest BCUT2D eigenvalue weighted by molar-refractivity contribution is 6.30. The van der Waals surface area contributed by atoms with Crippen LogP contribution in [0, 0.1) is 0 Å². The van der Waals surface area contributed by atoms with E-state index in [0.29, 0.717) is 37.0 Å². The lowest BCUT2D eigenvalue weighted by Crippen LogP contribution is -2.31. The summed E-state index contributed by atoms with van der Waals surface area (Å²) in [6, 6.07) is 14.7. The average Bonchev–Trinajstić information content (AvgIpc) is 3.02. The van der Waals surface area contributed by atoms with Gasteiger partial charge in [-0.25, -0.2) is 4.79 Å². The maximum atomic E-state index is 12.0. The summed E-state index contributed by atoms with van der Waals surface area (Å²) >= 11 is 5.86. The second-order valence-electron chi connectivity index (χ2n) is 5.87. The van der Waals surface area contributed by atoms with E-state index >= 15 is 0 Å². The van der Waals surface area contributed by atoms with Crippen molar-refractivity contribution in [3.63, 3.8) is 0 Å². The highest BCUT2D eigenvalue weighted by Gasteiger charge is 2.31. The third-order valence-corrected chi connectivity index (χ3v) is 4.25. The molecule has 7 heteroatoms. The number of carbonyl (C=O) groups excluding carboxylic acids is 1. The number of nitrogens with one attached hydrogen (secondary N) is 1. The van der Waals surface area contributed by atoms with Crippen molar-refractivity contribution in [2.45, 2.75) is 6.10 Å². The zero-order valence-corrected chi connectivity index (χ0v) is 15.2. The van der Waals surface area contributed by atoms with Crippen LogP contribution in [-0.2, 0) is 4.74 Å². The summed E-state index contributed by atoms with van der Waals surface area (Å²) in [4.78, 5) is 13.6. The van der Waals surface area contributed by atoms with Gasteiger partial charge in [-0.2, -0.15) is 0 Å². The summed E-state index contributed by atoms with van der Waals surface area (Å²) in [5, 5.41) is 3.94. The topological polar surface area (TPSA) is 60.0 Å². The van der Waals surface area contributed by atoms with Crippen LogP contribution in [0.3, 0.4) is 0 Å². The number of methoxy groups -OCH3 is 1. The van der Waals surface area contributed by atoms with E-state index in [2.05, 4.69) is 5.32 Å². The van der Waals surface area contributed by atoms with Gasteiger partial charge in [0, 0.05) is 23.8 Å². The van der Waals surface area contributed by atoms with E-state index in [-0.39, 0.29) is 12.2 Å². The fourth-order valence-electron chi connectivity index (χ4n) is 2.61. The van der Waals surface area contributed by atoms with E-state index in [0.717, 1.165) is 11.4 Å².